The summed E-state index contributed by atoms with van der Waals surface area (Å²) in [6, 6.07) is 20.2. The summed E-state index contributed by atoms with van der Waals surface area (Å²) in [5.41, 5.74) is 3.04. The highest BCUT2D eigenvalue weighted by Gasteiger charge is 2.05. The monoisotopic (exact) mass is 222 g/mol. The molecule has 0 bridgehead atoms. The molecule has 0 saturated heterocycles. The van der Waals surface area contributed by atoms with Gasteiger partial charge in [-0.05, 0) is 6.92 Å². The van der Waals surface area contributed by atoms with Crippen LogP contribution in [-0.2, 0) is 0 Å². The highest BCUT2D eigenvalue weighted by Crippen LogP contribution is 2.10. The lowest BCUT2D eigenvalue weighted by atomic mass is 10.0. The van der Waals surface area contributed by atoms with E-state index in [0.29, 0.717) is 0 Å². The summed E-state index contributed by atoms with van der Waals surface area (Å²) < 4.78 is 0. The van der Waals surface area contributed by atoms with E-state index >= 15 is 0 Å². The maximum absolute atomic E-state index is 4.27. The van der Waals surface area contributed by atoms with Crippen LogP contribution in [0.4, 0.5) is 0 Å². The molecule has 0 N–H and O–H groups in total. The van der Waals surface area contributed by atoms with Gasteiger partial charge in [0.25, 0.3) is 0 Å². The Hall–Kier alpha value is -2.22. The first-order valence-corrected chi connectivity index (χ1v) is 5.58. The van der Waals surface area contributed by atoms with Crippen LogP contribution in [0.1, 0.15) is 18.1 Å². The molecule has 2 aromatic rings. The van der Waals surface area contributed by atoms with Crippen molar-refractivity contribution in [1.29, 1.82) is 0 Å². The molecule has 2 rings (SSSR count). The normalized spacial score (nSPS) is 10.4. The van der Waals surface area contributed by atoms with Crippen LogP contribution in [0.3, 0.4) is 0 Å². The Morgan fingerprint density at radius 2 is 1.29 bits per heavy atom. The molecule has 2 heteroatoms. The minimum absolute atomic E-state index is 0.893. The summed E-state index contributed by atoms with van der Waals surface area (Å²) in [5.74, 6) is 0. The largest absolute Gasteiger partial charge is 0.163 e. The zero-order chi connectivity index (χ0) is 11.9. The van der Waals surface area contributed by atoms with E-state index < -0.39 is 0 Å². The summed E-state index contributed by atoms with van der Waals surface area (Å²) in [6.07, 6.45) is 1.69. The van der Waals surface area contributed by atoms with Crippen LogP contribution in [-0.4, -0.2) is 11.9 Å². The van der Waals surface area contributed by atoms with Crippen molar-refractivity contribution < 1.29 is 0 Å². The fourth-order valence-corrected chi connectivity index (χ4v) is 1.59. The van der Waals surface area contributed by atoms with E-state index in [9.17, 15) is 0 Å². The van der Waals surface area contributed by atoms with Gasteiger partial charge in [0, 0.05) is 17.3 Å². The van der Waals surface area contributed by atoms with Crippen molar-refractivity contribution in [2.45, 2.75) is 6.92 Å². The predicted molar refractivity (Wildman–Crippen MR) is 72.7 cm³/mol. The third kappa shape index (κ3) is 2.88. The zero-order valence-corrected chi connectivity index (χ0v) is 9.75. The molecule has 84 valence electrons. The fraction of sp³-hybridized carbons (Fsp3) is 0.0667. The van der Waals surface area contributed by atoms with Gasteiger partial charge in [-0.3, -0.25) is 0 Å². The molecule has 0 aliphatic rings. The highest BCUT2D eigenvalue weighted by atomic mass is 15.2. The van der Waals surface area contributed by atoms with E-state index in [0.717, 1.165) is 16.8 Å². The Kier molecular flexibility index (Phi) is 3.81. The first-order chi connectivity index (χ1) is 8.42. The van der Waals surface area contributed by atoms with Crippen molar-refractivity contribution >= 4 is 11.9 Å². The first kappa shape index (κ1) is 11.3. The molecule has 0 saturated carbocycles. The van der Waals surface area contributed by atoms with Crippen LogP contribution in [0.25, 0.3) is 0 Å². The van der Waals surface area contributed by atoms with Crippen LogP contribution in [0.15, 0.2) is 70.9 Å². The smallest absolute Gasteiger partial charge is 0.100 e. The minimum atomic E-state index is 0.893. The molecule has 2 nitrogen and oxygen atoms in total. The van der Waals surface area contributed by atoms with E-state index in [1.165, 1.54) is 0 Å². The van der Waals surface area contributed by atoms with Gasteiger partial charge in [-0.2, -0.15) is 10.2 Å². The molecular formula is C15H14N2. The van der Waals surface area contributed by atoms with E-state index in [1.807, 2.05) is 67.6 Å². The van der Waals surface area contributed by atoms with Crippen LogP contribution in [0.2, 0.25) is 0 Å². The van der Waals surface area contributed by atoms with Crippen LogP contribution in [0.5, 0.6) is 0 Å². The molecule has 0 fully saturated rings. The topological polar surface area (TPSA) is 24.7 Å². The molecular weight excluding hydrogens is 208 g/mol. The van der Waals surface area contributed by atoms with E-state index in [-0.39, 0.29) is 0 Å². The maximum atomic E-state index is 4.27. The van der Waals surface area contributed by atoms with Crippen molar-refractivity contribution in [3.63, 3.8) is 0 Å². The van der Waals surface area contributed by atoms with Gasteiger partial charge in [-0.15, -0.1) is 0 Å². The summed E-state index contributed by atoms with van der Waals surface area (Å²) in [7, 11) is 0. The Labute approximate surface area is 101 Å². The number of hydrogen-bond donors (Lipinski definition) is 0. The Morgan fingerprint density at radius 1 is 0.824 bits per heavy atom. The quantitative estimate of drug-likeness (QED) is 0.560. The van der Waals surface area contributed by atoms with Gasteiger partial charge in [-0.25, -0.2) is 0 Å². The molecule has 0 aliphatic heterocycles. The average molecular weight is 222 g/mol. The SMILES string of the molecule is C/C=N\N=C(c1ccccc1)c1ccccc1. The lowest BCUT2D eigenvalue weighted by Gasteiger charge is -2.04. The highest BCUT2D eigenvalue weighted by molar-refractivity contribution is 6.12. The molecule has 0 heterocycles. The van der Waals surface area contributed by atoms with Crippen LogP contribution in [0, 0.1) is 0 Å². The first-order valence-electron chi connectivity index (χ1n) is 5.58. The molecule has 0 atom stereocenters. The summed E-state index contributed by atoms with van der Waals surface area (Å²) in [5, 5.41) is 8.26. The van der Waals surface area contributed by atoms with Crippen molar-refractivity contribution in [3.05, 3.63) is 71.8 Å². The molecule has 0 unspecified atom stereocenters. The van der Waals surface area contributed by atoms with Gasteiger partial charge < -0.3 is 0 Å². The van der Waals surface area contributed by atoms with Gasteiger partial charge in [0.1, 0.15) is 5.71 Å². The molecule has 0 spiro atoms. The van der Waals surface area contributed by atoms with Crippen molar-refractivity contribution in [2.24, 2.45) is 10.2 Å². The molecule has 17 heavy (non-hydrogen) atoms. The molecule has 0 radical (unpaired) electrons. The van der Waals surface area contributed by atoms with Gasteiger partial charge in [0.2, 0.25) is 0 Å². The average Bonchev–Trinajstić information content (AvgIpc) is 2.42. The van der Waals surface area contributed by atoms with Gasteiger partial charge in [-0.1, -0.05) is 60.7 Å². The zero-order valence-electron chi connectivity index (χ0n) is 9.75. The lowest BCUT2D eigenvalue weighted by Crippen LogP contribution is -2.02. The predicted octanol–water partition coefficient (Wildman–Crippen LogP) is 3.53. The molecule has 2 aromatic carbocycles. The second-order valence-corrected chi connectivity index (χ2v) is 3.55. The number of nitrogens with zero attached hydrogens (tertiary/aromatic N) is 2. The van der Waals surface area contributed by atoms with E-state index in [2.05, 4.69) is 10.2 Å². The Balaban J connectivity index is 2.47. The molecule has 0 aliphatic carbocycles. The lowest BCUT2D eigenvalue weighted by molar-refractivity contribution is 1.24. The Morgan fingerprint density at radius 3 is 1.71 bits per heavy atom. The van der Waals surface area contributed by atoms with Crippen LogP contribution >= 0.6 is 0 Å². The third-order valence-electron chi connectivity index (χ3n) is 2.37. The Bertz CT molecular complexity index is 472. The standard InChI is InChI=1S/C15H14N2/c1-2-16-17-15(13-9-5-3-6-10-13)14-11-7-4-8-12-14/h2-12H,1H3/b16-2-. The van der Waals surface area contributed by atoms with Gasteiger partial charge in [0.05, 0.1) is 0 Å². The number of benzene rings is 2. The molecule has 0 aromatic heterocycles. The van der Waals surface area contributed by atoms with E-state index in [1.54, 1.807) is 6.21 Å². The summed E-state index contributed by atoms with van der Waals surface area (Å²) in [6.45, 7) is 1.86. The summed E-state index contributed by atoms with van der Waals surface area (Å²) in [4.78, 5) is 0. The van der Waals surface area contributed by atoms with Gasteiger partial charge in [0.15, 0.2) is 0 Å². The minimum Gasteiger partial charge on any atom is -0.163 e. The summed E-state index contributed by atoms with van der Waals surface area (Å²) >= 11 is 0. The fourth-order valence-electron chi connectivity index (χ4n) is 1.59. The molecule has 0 amide bonds. The van der Waals surface area contributed by atoms with Crippen LogP contribution < -0.4 is 0 Å². The second-order valence-electron chi connectivity index (χ2n) is 3.55. The maximum Gasteiger partial charge on any atom is 0.100 e. The second kappa shape index (κ2) is 5.75. The van der Waals surface area contributed by atoms with Crippen molar-refractivity contribution in [1.82, 2.24) is 0 Å². The number of hydrogen-bond acceptors (Lipinski definition) is 2. The van der Waals surface area contributed by atoms with Gasteiger partial charge >= 0.3 is 0 Å². The number of rotatable bonds is 3. The van der Waals surface area contributed by atoms with Crippen molar-refractivity contribution in [2.75, 3.05) is 0 Å². The van der Waals surface area contributed by atoms with Crippen molar-refractivity contribution in [3.8, 4) is 0 Å². The van der Waals surface area contributed by atoms with E-state index in [4.69, 9.17) is 0 Å². The third-order valence-corrected chi connectivity index (χ3v) is 2.37.